The molecule has 0 aliphatic rings. The first-order valence-corrected chi connectivity index (χ1v) is 3.63. The van der Waals surface area contributed by atoms with Crippen LogP contribution in [0.3, 0.4) is 0 Å². The number of methoxy groups -OCH3 is 1. The molecule has 0 aromatic heterocycles. The summed E-state index contributed by atoms with van der Waals surface area (Å²) in [6.45, 7) is 5.58. The van der Waals surface area contributed by atoms with Gasteiger partial charge in [0.15, 0.2) is 5.78 Å². The Morgan fingerprint density at radius 3 is 2.00 bits per heavy atom. The summed E-state index contributed by atoms with van der Waals surface area (Å²) in [6.07, 6.45) is 1.51. The van der Waals surface area contributed by atoms with Crippen molar-refractivity contribution in [2.75, 3.05) is 7.11 Å². The van der Waals surface area contributed by atoms with Crippen molar-refractivity contribution >= 4 is 5.78 Å². The molecule has 0 saturated carbocycles. The van der Waals surface area contributed by atoms with Crippen molar-refractivity contribution in [3.8, 4) is 0 Å². The minimum Gasteiger partial charge on any atom is -0.371 e. The fourth-order valence-electron chi connectivity index (χ4n) is 0.642. The van der Waals surface area contributed by atoms with E-state index in [4.69, 9.17) is 4.74 Å². The number of ketones is 1. The molecule has 0 unspecified atom stereocenters. The summed E-state index contributed by atoms with van der Waals surface area (Å²) in [7, 11) is 1.56. The smallest absolute Gasteiger partial charge is 0.164 e. The van der Waals surface area contributed by atoms with E-state index < -0.39 is 5.60 Å². The third-order valence-corrected chi connectivity index (χ3v) is 1.66. The molecule has 0 aromatic carbocycles. The van der Waals surface area contributed by atoms with Crippen molar-refractivity contribution in [3.63, 3.8) is 0 Å². The van der Waals surface area contributed by atoms with Gasteiger partial charge in [0.2, 0.25) is 0 Å². The molecule has 0 spiro atoms. The van der Waals surface area contributed by atoms with Gasteiger partial charge in [-0.25, -0.2) is 0 Å². The van der Waals surface area contributed by atoms with Crippen LogP contribution in [0.15, 0.2) is 0 Å². The fourth-order valence-corrected chi connectivity index (χ4v) is 0.642. The SMILES string of the molecule is C.C.CCCC(=O)C(C)(C)OC. The zero-order valence-corrected chi connectivity index (χ0v) is 7.23. The average Bonchev–Trinajstić information content (AvgIpc) is 1.89. The van der Waals surface area contributed by atoms with Gasteiger partial charge in [-0.1, -0.05) is 21.8 Å². The van der Waals surface area contributed by atoms with Crippen molar-refractivity contribution in [3.05, 3.63) is 0 Å². The Labute approximate surface area is 77.3 Å². The molecule has 0 N–H and O–H groups in total. The highest BCUT2D eigenvalue weighted by Gasteiger charge is 2.24. The maximum Gasteiger partial charge on any atom is 0.164 e. The van der Waals surface area contributed by atoms with Crippen LogP contribution in [0.25, 0.3) is 0 Å². The average molecular weight is 176 g/mol. The first-order valence-electron chi connectivity index (χ1n) is 3.63. The highest BCUT2D eigenvalue weighted by Crippen LogP contribution is 2.11. The lowest BCUT2D eigenvalue weighted by Gasteiger charge is -2.20. The minimum absolute atomic E-state index is 0. The molecule has 0 saturated heterocycles. The quantitative estimate of drug-likeness (QED) is 0.658. The van der Waals surface area contributed by atoms with Gasteiger partial charge in [-0.15, -0.1) is 0 Å². The Balaban J connectivity index is -0.000000405. The molecule has 0 fully saturated rings. The predicted octanol–water partition coefficient (Wildman–Crippen LogP) is 3.05. The number of hydrogen-bond donors (Lipinski definition) is 0. The van der Waals surface area contributed by atoms with E-state index in [1.165, 1.54) is 0 Å². The van der Waals surface area contributed by atoms with E-state index in [9.17, 15) is 4.79 Å². The molecule has 0 bridgehead atoms. The monoisotopic (exact) mass is 176 g/mol. The number of hydrogen-bond acceptors (Lipinski definition) is 2. The molecule has 2 nitrogen and oxygen atoms in total. The summed E-state index contributed by atoms with van der Waals surface area (Å²) in [5, 5.41) is 0. The summed E-state index contributed by atoms with van der Waals surface area (Å²) in [4.78, 5) is 11.2. The van der Waals surface area contributed by atoms with Crippen LogP contribution < -0.4 is 0 Å². The van der Waals surface area contributed by atoms with Crippen molar-refractivity contribution in [1.29, 1.82) is 0 Å². The van der Waals surface area contributed by atoms with Gasteiger partial charge in [0.1, 0.15) is 5.60 Å². The Kier molecular flexibility index (Phi) is 10.7. The van der Waals surface area contributed by atoms with Gasteiger partial charge < -0.3 is 4.74 Å². The Morgan fingerprint density at radius 1 is 1.33 bits per heavy atom. The summed E-state index contributed by atoms with van der Waals surface area (Å²) in [5.74, 6) is 0.178. The molecule has 0 heterocycles. The largest absolute Gasteiger partial charge is 0.371 e. The molecule has 0 aliphatic carbocycles. The predicted molar refractivity (Wildman–Crippen MR) is 54.5 cm³/mol. The zero-order chi connectivity index (χ0) is 8.20. The third-order valence-electron chi connectivity index (χ3n) is 1.66. The van der Waals surface area contributed by atoms with E-state index in [-0.39, 0.29) is 20.6 Å². The lowest BCUT2D eigenvalue weighted by Crippen LogP contribution is -2.33. The lowest BCUT2D eigenvalue weighted by molar-refractivity contribution is -0.137. The van der Waals surface area contributed by atoms with E-state index in [0.717, 1.165) is 6.42 Å². The number of carbonyl (C=O) groups excluding carboxylic acids is 1. The molecule has 0 aliphatic heterocycles. The Morgan fingerprint density at radius 2 is 1.75 bits per heavy atom. The number of Topliss-reactive ketones (excluding diaryl/α,β-unsaturated/α-hetero) is 1. The minimum atomic E-state index is -0.587. The number of rotatable bonds is 4. The van der Waals surface area contributed by atoms with Crippen molar-refractivity contribution in [1.82, 2.24) is 0 Å². The van der Waals surface area contributed by atoms with Crippen LogP contribution >= 0.6 is 0 Å². The zero-order valence-electron chi connectivity index (χ0n) is 7.23. The molecule has 12 heavy (non-hydrogen) atoms. The lowest BCUT2D eigenvalue weighted by atomic mass is 10.00. The molecular formula is C10H24O2. The number of carbonyl (C=O) groups is 1. The van der Waals surface area contributed by atoms with Crippen LogP contribution in [0.5, 0.6) is 0 Å². The fraction of sp³-hybridized carbons (Fsp3) is 0.900. The van der Waals surface area contributed by atoms with Crippen molar-refractivity contribution < 1.29 is 9.53 Å². The number of ether oxygens (including phenoxy) is 1. The van der Waals surface area contributed by atoms with E-state index in [0.29, 0.717) is 6.42 Å². The molecule has 76 valence electrons. The molecule has 0 atom stereocenters. The van der Waals surface area contributed by atoms with Crippen LogP contribution in [0, 0.1) is 0 Å². The molecule has 0 aromatic rings. The summed E-state index contributed by atoms with van der Waals surface area (Å²) in [5.41, 5.74) is -0.587. The molecule has 0 rings (SSSR count). The van der Waals surface area contributed by atoms with Gasteiger partial charge in [0.25, 0.3) is 0 Å². The summed E-state index contributed by atoms with van der Waals surface area (Å²) >= 11 is 0. The highest BCUT2D eigenvalue weighted by atomic mass is 16.5. The van der Waals surface area contributed by atoms with E-state index in [1.807, 2.05) is 6.92 Å². The molecular weight excluding hydrogens is 152 g/mol. The molecule has 2 heteroatoms. The van der Waals surface area contributed by atoms with E-state index >= 15 is 0 Å². The Hall–Kier alpha value is -0.370. The van der Waals surface area contributed by atoms with Gasteiger partial charge in [-0.2, -0.15) is 0 Å². The van der Waals surface area contributed by atoms with E-state index in [1.54, 1.807) is 21.0 Å². The molecule has 0 radical (unpaired) electrons. The first kappa shape index (κ1) is 17.6. The Bertz CT molecular complexity index is 117. The maximum absolute atomic E-state index is 11.2. The maximum atomic E-state index is 11.2. The molecule has 0 amide bonds. The van der Waals surface area contributed by atoms with Crippen LogP contribution in [0.4, 0.5) is 0 Å². The highest BCUT2D eigenvalue weighted by molar-refractivity contribution is 5.86. The van der Waals surface area contributed by atoms with Crippen LogP contribution in [0.1, 0.15) is 48.5 Å². The van der Waals surface area contributed by atoms with Gasteiger partial charge in [0, 0.05) is 13.5 Å². The van der Waals surface area contributed by atoms with Gasteiger partial charge in [-0.3, -0.25) is 4.79 Å². The van der Waals surface area contributed by atoms with Crippen LogP contribution in [-0.4, -0.2) is 18.5 Å². The standard InChI is InChI=1S/C8H16O2.2CH4/c1-5-6-7(9)8(2,3)10-4;;/h5-6H2,1-4H3;2*1H4. The second-order valence-electron chi connectivity index (χ2n) is 2.89. The summed E-state index contributed by atoms with van der Waals surface area (Å²) in [6, 6.07) is 0. The van der Waals surface area contributed by atoms with Crippen LogP contribution in [0.2, 0.25) is 0 Å². The van der Waals surface area contributed by atoms with Crippen LogP contribution in [-0.2, 0) is 9.53 Å². The topological polar surface area (TPSA) is 26.3 Å². The first-order chi connectivity index (χ1) is 4.54. The second kappa shape index (κ2) is 7.29. The second-order valence-corrected chi connectivity index (χ2v) is 2.89. The van der Waals surface area contributed by atoms with E-state index in [2.05, 4.69) is 0 Å². The van der Waals surface area contributed by atoms with Crippen molar-refractivity contribution in [2.24, 2.45) is 0 Å². The normalized spacial score (nSPS) is 9.67. The van der Waals surface area contributed by atoms with Gasteiger partial charge >= 0.3 is 0 Å². The van der Waals surface area contributed by atoms with Gasteiger partial charge in [0.05, 0.1) is 0 Å². The van der Waals surface area contributed by atoms with Crippen molar-refractivity contribution in [2.45, 2.75) is 54.1 Å². The summed E-state index contributed by atoms with van der Waals surface area (Å²) < 4.78 is 5.00. The third kappa shape index (κ3) is 5.30. The van der Waals surface area contributed by atoms with Gasteiger partial charge in [-0.05, 0) is 20.3 Å².